The van der Waals surface area contributed by atoms with Crippen LogP contribution in [-0.2, 0) is 6.42 Å². The van der Waals surface area contributed by atoms with E-state index < -0.39 is 0 Å². The van der Waals surface area contributed by atoms with Gasteiger partial charge in [-0.25, -0.2) is 4.39 Å². The molecule has 1 fully saturated rings. The van der Waals surface area contributed by atoms with Crippen LogP contribution in [0, 0.1) is 17.7 Å². The van der Waals surface area contributed by atoms with Gasteiger partial charge < -0.3 is 5.32 Å². The molecule has 0 radical (unpaired) electrons. The minimum absolute atomic E-state index is 0.193. The van der Waals surface area contributed by atoms with Gasteiger partial charge >= 0.3 is 0 Å². The lowest BCUT2D eigenvalue weighted by molar-refractivity contribution is 0.469. The van der Waals surface area contributed by atoms with Crippen LogP contribution in [0.4, 0.5) is 4.39 Å². The van der Waals surface area contributed by atoms with Crippen LogP contribution in [0.3, 0.4) is 0 Å². The van der Waals surface area contributed by atoms with Crippen LogP contribution >= 0.6 is 11.6 Å². The predicted molar refractivity (Wildman–Crippen MR) is 65.2 cm³/mol. The number of rotatable bonds is 4. The van der Waals surface area contributed by atoms with Gasteiger partial charge in [0.25, 0.3) is 0 Å². The van der Waals surface area contributed by atoms with E-state index in [9.17, 15) is 4.39 Å². The Morgan fingerprint density at radius 1 is 1.56 bits per heavy atom. The fraction of sp³-hybridized carbons (Fsp3) is 0.538. The van der Waals surface area contributed by atoms with Gasteiger partial charge in [-0.05, 0) is 43.9 Å². The second-order valence-electron chi connectivity index (χ2n) is 4.68. The second-order valence-corrected chi connectivity index (χ2v) is 5.08. The van der Waals surface area contributed by atoms with E-state index in [1.807, 2.05) is 7.05 Å². The largest absolute Gasteiger partial charge is 0.316 e. The minimum Gasteiger partial charge on any atom is -0.316 e. The van der Waals surface area contributed by atoms with E-state index in [-0.39, 0.29) is 5.82 Å². The zero-order valence-corrected chi connectivity index (χ0v) is 10.4. The van der Waals surface area contributed by atoms with E-state index in [1.165, 1.54) is 12.5 Å². The van der Waals surface area contributed by atoms with Crippen molar-refractivity contribution in [3.8, 4) is 0 Å². The molecule has 1 aliphatic rings. The van der Waals surface area contributed by atoms with Crippen molar-refractivity contribution >= 4 is 11.6 Å². The van der Waals surface area contributed by atoms with Crippen molar-refractivity contribution in [2.75, 3.05) is 7.05 Å². The molecule has 0 aromatic heterocycles. The fourth-order valence-corrected chi connectivity index (χ4v) is 2.57. The maximum atomic E-state index is 13.6. The molecule has 88 valence electrons. The first kappa shape index (κ1) is 11.9. The number of hydrogen-bond acceptors (Lipinski definition) is 1. The van der Waals surface area contributed by atoms with Crippen molar-refractivity contribution in [1.29, 1.82) is 0 Å². The summed E-state index contributed by atoms with van der Waals surface area (Å²) >= 11 is 6.02. The first-order valence-electron chi connectivity index (χ1n) is 5.73. The standard InChI is InChI=1S/C13H17ClFN/c1-8-6-9(8)13(16-2)7-10-11(14)4-3-5-12(10)15/h3-5,8-9,13,16H,6-7H2,1-2H3. The summed E-state index contributed by atoms with van der Waals surface area (Å²) in [6.45, 7) is 2.23. The average Bonchev–Trinajstić information content (AvgIpc) is 2.95. The maximum absolute atomic E-state index is 13.6. The lowest BCUT2D eigenvalue weighted by Crippen LogP contribution is -2.30. The van der Waals surface area contributed by atoms with Gasteiger partial charge in [0, 0.05) is 16.6 Å². The van der Waals surface area contributed by atoms with Crippen LogP contribution in [0.1, 0.15) is 18.9 Å². The summed E-state index contributed by atoms with van der Waals surface area (Å²) in [5.74, 6) is 1.23. The summed E-state index contributed by atoms with van der Waals surface area (Å²) in [5, 5.41) is 3.81. The molecular weight excluding hydrogens is 225 g/mol. The van der Waals surface area contributed by atoms with E-state index in [2.05, 4.69) is 12.2 Å². The van der Waals surface area contributed by atoms with Crippen molar-refractivity contribution in [1.82, 2.24) is 5.32 Å². The monoisotopic (exact) mass is 241 g/mol. The van der Waals surface area contributed by atoms with Crippen LogP contribution in [0.2, 0.25) is 5.02 Å². The molecule has 2 rings (SSSR count). The molecule has 0 bridgehead atoms. The zero-order chi connectivity index (χ0) is 11.7. The maximum Gasteiger partial charge on any atom is 0.127 e. The van der Waals surface area contributed by atoms with Gasteiger partial charge in [-0.2, -0.15) is 0 Å². The summed E-state index contributed by atoms with van der Waals surface area (Å²) < 4.78 is 13.6. The van der Waals surface area contributed by atoms with Gasteiger partial charge in [-0.15, -0.1) is 0 Å². The van der Waals surface area contributed by atoms with E-state index in [0.717, 1.165) is 5.92 Å². The Morgan fingerprint density at radius 3 is 2.75 bits per heavy atom. The molecular formula is C13H17ClFN. The van der Waals surface area contributed by atoms with E-state index >= 15 is 0 Å². The Bertz CT molecular complexity index is 360. The first-order valence-corrected chi connectivity index (χ1v) is 6.11. The van der Waals surface area contributed by atoms with Gasteiger partial charge in [0.15, 0.2) is 0 Å². The van der Waals surface area contributed by atoms with Crippen molar-refractivity contribution in [2.24, 2.45) is 11.8 Å². The molecule has 3 unspecified atom stereocenters. The average molecular weight is 242 g/mol. The smallest absolute Gasteiger partial charge is 0.127 e. The van der Waals surface area contributed by atoms with Gasteiger partial charge in [-0.1, -0.05) is 24.6 Å². The summed E-state index contributed by atoms with van der Waals surface area (Å²) in [4.78, 5) is 0. The van der Waals surface area contributed by atoms with Crippen LogP contribution in [-0.4, -0.2) is 13.1 Å². The Morgan fingerprint density at radius 2 is 2.25 bits per heavy atom. The van der Waals surface area contributed by atoms with Crippen molar-refractivity contribution in [3.05, 3.63) is 34.6 Å². The normalized spacial score (nSPS) is 25.5. The third-order valence-electron chi connectivity index (χ3n) is 3.55. The first-order chi connectivity index (χ1) is 7.63. The molecule has 16 heavy (non-hydrogen) atoms. The Hall–Kier alpha value is -0.600. The second kappa shape index (κ2) is 4.72. The number of halogens is 2. The molecule has 1 N–H and O–H groups in total. The highest BCUT2D eigenvalue weighted by molar-refractivity contribution is 6.31. The highest BCUT2D eigenvalue weighted by Gasteiger charge is 2.39. The number of benzene rings is 1. The van der Waals surface area contributed by atoms with Crippen LogP contribution in [0.15, 0.2) is 18.2 Å². The van der Waals surface area contributed by atoms with Gasteiger partial charge in [-0.3, -0.25) is 0 Å². The van der Waals surface area contributed by atoms with Gasteiger partial charge in [0.1, 0.15) is 5.82 Å². The molecule has 1 aromatic carbocycles. The highest BCUT2D eigenvalue weighted by atomic mass is 35.5. The van der Waals surface area contributed by atoms with Gasteiger partial charge in [0.05, 0.1) is 0 Å². The van der Waals surface area contributed by atoms with Crippen LogP contribution < -0.4 is 5.32 Å². The molecule has 0 amide bonds. The molecule has 0 spiro atoms. The Kier molecular flexibility index (Phi) is 3.50. The zero-order valence-electron chi connectivity index (χ0n) is 9.63. The van der Waals surface area contributed by atoms with Crippen molar-refractivity contribution < 1.29 is 4.39 Å². The molecule has 3 atom stereocenters. The molecule has 1 saturated carbocycles. The molecule has 1 aromatic rings. The summed E-state index contributed by atoms with van der Waals surface area (Å²) in [5.41, 5.74) is 0.641. The summed E-state index contributed by atoms with van der Waals surface area (Å²) in [7, 11) is 1.93. The predicted octanol–water partition coefficient (Wildman–Crippen LogP) is 3.27. The van der Waals surface area contributed by atoms with E-state index in [4.69, 9.17) is 11.6 Å². The Labute approximate surface area is 101 Å². The molecule has 0 heterocycles. The lowest BCUT2D eigenvalue weighted by Gasteiger charge is -2.17. The fourth-order valence-electron chi connectivity index (χ4n) is 2.33. The number of likely N-dealkylation sites (N-methyl/N-ethyl adjacent to an activating group) is 1. The van der Waals surface area contributed by atoms with Crippen molar-refractivity contribution in [3.63, 3.8) is 0 Å². The van der Waals surface area contributed by atoms with Crippen molar-refractivity contribution in [2.45, 2.75) is 25.8 Å². The molecule has 0 aliphatic heterocycles. The quantitative estimate of drug-likeness (QED) is 0.853. The lowest BCUT2D eigenvalue weighted by atomic mass is 10.0. The SMILES string of the molecule is CNC(Cc1c(F)cccc1Cl)C1CC1C. The number of nitrogens with one attached hydrogen (secondary N) is 1. The third-order valence-corrected chi connectivity index (χ3v) is 3.90. The molecule has 1 nitrogen and oxygen atoms in total. The summed E-state index contributed by atoms with van der Waals surface area (Å²) in [6.07, 6.45) is 1.91. The minimum atomic E-state index is -0.193. The third kappa shape index (κ3) is 2.38. The molecule has 3 heteroatoms. The molecule has 0 saturated heterocycles. The Balaban J connectivity index is 2.13. The van der Waals surface area contributed by atoms with Crippen LogP contribution in [0.25, 0.3) is 0 Å². The number of hydrogen-bond donors (Lipinski definition) is 1. The highest BCUT2D eigenvalue weighted by Crippen LogP contribution is 2.41. The van der Waals surface area contributed by atoms with Crippen LogP contribution in [0.5, 0.6) is 0 Å². The topological polar surface area (TPSA) is 12.0 Å². The molecule has 1 aliphatic carbocycles. The van der Waals surface area contributed by atoms with E-state index in [0.29, 0.717) is 29.0 Å². The van der Waals surface area contributed by atoms with E-state index in [1.54, 1.807) is 12.1 Å². The van der Waals surface area contributed by atoms with Gasteiger partial charge in [0.2, 0.25) is 0 Å². The summed E-state index contributed by atoms with van der Waals surface area (Å²) in [6, 6.07) is 5.21.